The minimum absolute atomic E-state index is 0.0411. The summed E-state index contributed by atoms with van der Waals surface area (Å²) in [7, 11) is 0. The Labute approximate surface area is 170 Å². The van der Waals surface area contributed by atoms with Crippen molar-refractivity contribution < 1.29 is 9.18 Å². The first-order valence-electron chi connectivity index (χ1n) is 10.00. The van der Waals surface area contributed by atoms with Crippen molar-refractivity contribution in [2.45, 2.75) is 19.3 Å². The van der Waals surface area contributed by atoms with Crippen LogP contribution in [0.15, 0.2) is 72.9 Å². The van der Waals surface area contributed by atoms with E-state index in [9.17, 15) is 9.18 Å². The Morgan fingerprint density at radius 3 is 2.41 bits per heavy atom. The molecule has 0 bridgehead atoms. The Hall–Kier alpha value is -3.21. The number of pyridine rings is 1. The maximum atomic E-state index is 13.8. The van der Waals surface area contributed by atoms with Gasteiger partial charge in [-0.05, 0) is 55.0 Å². The summed E-state index contributed by atoms with van der Waals surface area (Å²) in [6, 6.07) is 20.4. The molecule has 1 N–H and O–H groups in total. The van der Waals surface area contributed by atoms with E-state index in [1.807, 2.05) is 11.0 Å². The minimum Gasteiger partial charge on any atom is -0.352 e. The maximum absolute atomic E-state index is 13.8. The van der Waals surface area contributed by atoms with Gasteiger partial charge < -0.3 is 10.2 Å². The van der Waals surface area contributed by atoms with Gasteiger partial charge in [-0.1, -0.05) is 42.5 Å². The molecule has 1 amide bonds. The smallest absolute Gasteiger partial charge is 0.272 e. The van der Waals surface area contributed by atoms with Crippen molar-refractivity contribution in [1.82, 2.24) is 9.88 Å². The first-order valence-corrected chi connectivity index (χ1v) is 10.00. The van der Waals surface area contributed by atoms with Gasteiger partial charge in [-0.3, -0.25) is 4.79 Å². The number of carbonyl (C=O) groups excluding carboxylic acids is 1. The summed E-state index contributed by atoms with van der Waals surface area (Å²) in [6.07, 6.45) is 4.65. The first kappa shape index (κ1) is 19.1. The van der Waals surface area contributed by atoms with Gasteiger partial charge in [0.05, 0.1) is 17.6 Å². The molecule has 0 saturated carbocycles. The standard InChI is InChI=1S/C24H24FN3O/c25-21-8-4-5-9-22(21)27-20-10-11-23(26-17-20)24(29)28-14-12-19(13-15-28)16-18-6-2-1-3-7-18/h1-11,17,19,27H,12-16H2. The van der Waals surface area contributed by atoms with Gasteiger partial charge in [0.2, 0.25) is 0 Å². The van der Waals surface area contributed by atoms with Crippen LogP contribution in [-0.2, 0) is 6.42 Å². The van der Waals surface area contributed by atoms with Gasteiger partial charge in [-0.15, -0.1) is 0 Å². The summed E-state index contributed by atoms with van der Waals surface area (Å²) in [5.74, 6) is 0.244. The number of rotatable bonds is 5. The molecule has 0 radical (unpaired) electrons. The third-order valence-corrected chi connectivity index (χ3v) is 5.40. The second kappa shape index (κ2) is 8.86. The number of nitrogens with zero attached hydrogens (tertiary/aromatic N) is 2. The fourth-order valence-corrected chi connectivity index (χ4v) is 3.76. The molecule has 29 heavy (non-hydrogen) atoms. The highest BCUT2D eigenvalue weighted by Gasteiger charge is 2.24. The van der Waals surface area contributed by atoms with Gasteiger partial charge in [0, 0.05) is 13.1 Å². The molecule has 4 nitrogen and oxygen atoms in total. The fourth-order valence-electron chi connectivity index (χ4n) is 3.76. The lowest BCUT2D eigenvalue weighted by Gasteiger charge is -2.32. The summed E-state index contributed by atoms with van der Waals surface area (Å²) in [6.45, 7) is 1.51. The normalized spacial score (nSPS) is 14.6. The number of carbonyl (C=O) groups is 1. The molecule has 5 heteroatoms. The molecule has 1 aliphatic heterocycles. The van der Waals surface area contributed by atoms with E-state index in [2.05, 4.69) is 34.6 Å². The minimum atomic E-state index is -0.328. The van der Waals surface area contributed by atoms with Crippen molar-refractivity contribution >= 4 is 17.3 Å². The average molecular weight is 389 g/mol. The molecule has 1 aliphatic rings. The number of hydrogen-bond donors (Lipinski definition) is 1. The zero-order valence-electron chi connectivity index (χ0n) is 16.2. The molecule has 0 atom stereocenters. The number of nitrogens with one attached hydrogen (secondary N) is 1. The Bertz CT molecular complexity index is 951. The van der Waals surface area contributed by atoms with Crippen LogP contribution in [0.1, 0.15) is 28.9 Å². The molecule has 0 spiro atoms. The average Bonchev–Trinajstić information content (AvgIpc) is 2.77. The van der Waals surface area contributed by atoms with Gasteiger partial charge in [-0.2, -0.15) is 0 Å². The van der Waals surface area contributed by atoms with Gasteiger partial charge in [-0.25, -0.2) is 9.37 Å². The lowest BCUT2D eigenvalue weighted by Crippen LogP contribution is -2.39. The molecular weight excluding hydrogens is 365 g/mol. The van der Waals surface area contributed by atoms with E-state index in [0.29, 0.717) is 23.0 Å². The SMILES string of the molecule is O=C(c1ccc(Nc2ccccc2F)cn1)N1CCC(Cc2ccccc2)CC1. The molecule has 1 saturated heterocycles. The van der Waals surface area contributed by atoms with Crippen LogP contribution in [-0.4, -0.2) is 28.9 Å². The summed E-state index contributed by atoms with van der Waals surface area (Å²) < 4.78 is 13.8. The van der Waals surface area contributed by atoms with Crippen molar-refractivity contribution in [1.29, 1.82) is 0 Å². The van der Waals surface area contributed by atoms with Crippen molar-refractivity contribution in [3.63, 3.8) is 0 Å². The van der Waals surface area contributed by atoms with Crippen molar-refractivity contribution in [3.8, 4) is 0 Å². The number of anilines is 2. The van der Waals surface area contributed by atoms with Crippen LogP contribution in [0.4, 0.5) is 15.8 Å². The molecule has 4 rings (SSSR count). The summed E-state index contributed by atoms with van der Waals surface area (Å²) in [5, 5.41) is 2.98. The molecule has 2 aromatic carbocycles. The number of hydrogen-bond acceptors (Lipinski definition) is 3. The second-order valence-corrected chi connectivity index (χ2v) is 7.46. The van der Waals surface area contributed by atoms with Gasteiger partial charge >= 0.3 is 0 Å². The lowest BCUT2D eigenvalue weighted by molar-refractivity contribution is 0.0684. The topological polar surface area (TPSA) is 45.2 Å². The third-order valence-electron chi connectivity index (χ3n) is 5.40. The third kappa shape index (κ3) is 4.80. The van der Waals surface area contributed by atoms with Crippen molar-refractivity contribution in [2.75, 3.05) is 18.4 Å². The number of para-hydroxylation sites is 1. The van der Waals surface area contributed by atoms with Gasteiger partial charge in [0.15, 0.2) is 0 Å². The number of benzene rings is 2. The van der Waals surface area contributed by atoms with Gasteiger partial charge in [0.25, 0.3) is 5.91 Å². The van der Waals surface area contributed by atoms with Crippen LogP contribution in [0.25, 0.3) is 0 Å². The largest absolute Gasteiger partial charge is 0.352 e. The highest BCUT2D eigenvalue weighted by Crippen LogP contribution is 2.23. The van der Waals surface area contributed by atoms with E-state index in [4.69, 9.17) is 0 Å². The Kier molecular flexibility index (Phi) is 5.84. The summed E-state index contributed by atoms with van der Waals surface area (Å²) in [4.78, 5) is 18.9. The second-order valence-electron chi connectivity index (χ2n) is 7.46. The molecule has 2 heterocycles. The molecule has 0 unspecified atom stereocenters. The Balaban J connectivity index is 1.32. The van der Waals surface area contributed by atoms with Crippen molar-refractivity contribution in [2.24, 2.45) is 5.92 Å². The molecule has 1 aromatic heterocycles. The number of likely N-dealkylation sites (tertiary alicyclic amines) is 1. The first-order chi connectivity index (χ1) is 14.2. The van der Waals surface area contributed by atoms with E-state index in [1.54, 1.807) is 36.5 Å². The van der Waals surface area contributed by atoms with Crippen LogP contribution < -0.4 is 5.32 Å². The van der Waals surface area contributed by atoms with Gasteiger partial charge in [0.1, 0.15) is 11.5 Å². The van der Waals surface area contributed by atoms with Crippen LogP contribution >= 0.6 is 0 Å². The molecule has 148 valence electrons. The zero-order chi connectivity index (χ0) is 20.1. The van der Waals surface area contributed by atoms with Crippen LogP contribution in [0.2, 0.25) is 0 Å². The highest BCUT2D eigenvalue weighted by atomic mass is 19.1. The zero-order valence-corrected chi connectivity index (χ0v) is 16.2. The highest BCUT2D eigenvalue weighted by molar-refractivity contribution is 5.92. The Morgan fingerprint density at radius 2 is 1.72 bits per heavy atom. The van der Waals surface area contributed by atoms with Crippen LogP contribution in [0.5, 0.6) is 0 Å². The lowest BCUT2D eigenvalue weighted by atomic mass is 9.90. The Morgan fingerprint density at radius 1 is 1.00 bits per heavy atom. The van der Waals surface area contributed by atoms with E-state index in [1.165, 1.54) is 11.6 Å². The monoisotopic (exact) mass is 389 g/mol. The van der Waals surface area contributed by atoms with Crippen molar-refractivity contribution in [3.05, 3.63) is 90.0 Å². The molecule has 3 aromatic rings. The quantitative estimate of drug-likeness (QED) is 0.663. The predicted molar refractivity (Wildman–Crippen MR) is 113 cm³/mol. The predicted octanol–water partition coefficient (Wildman–Crippen LogP) is 5.06. The molecule has 1 fully saturated rings. The van der Waals surface area contributed by atoms with E-state index in [-0.39, 0.29) is 11.7 Å². The summed E-state index contributed by atoms with van der Waals surface area (Å²) in [5.41, 5.74) is 2.81. The summed E-state index contributed by atoms with van der Waals surface area (Å²) >= 11 is 0. The van der Waals surface area contributed by atoms with E-state index < -0.39 is 0 Å². The number of aromatic nitrogens is 1. The van der Waals surface area contributed by atoms with Crippen LogP contribution in [0.3, 0.4) is 0 Å². The van der Waals surface area contributed by atoms with E-state index >= 15 is 0 Å². The van der Waals surface area contributed by atoms with E-state index in [0.717, 1.165) is 32.4 Å². The molecular formula is C24H24FN3O. The number of halogens is 1. The molecule has 0 aliphatic carbocycles. The maximum Gasteiger partial charge on any atom is 0.272 e. The fraction of sp³-hybridized carbons (Fsp3) is 0.250. The van der Waals surface area contributed by atoms with Crippen LogP contribution in [0, 0.1) is 11.7 Å². The number of amides is 1. The number of piperidine rings is 1.